The van der Waals surface area contributed by atoms with Crippen molar-refractivity contribution in [2.24, 2.45) is 5.92 Å². The van der Waals surface area contributed by atoms with Crippen LogP contribution in [-0.4, -0.2) is 30.2 Å². The van der Waals surface area contributed by atoms with Gasteiger partial charge in [0, 0.05) is 12.6 Å². The third kappa shape index (κ3) is 2.66. The molecule has 5 heteroatoms. The molecule has 0 radical (unpaired) electrons. The lowest BCUT2D eigenvalue weighted by Gasteiger charge is -2.08. The van der Waals surface area contributed by atoms with E-state index in [-0.39, 0.29) is 0 Å². The molecule has 0 spiro atoms. The van der Waals surface area contributed by atoms with Crippen LogP contribution in [0.25, 0.3) is 0 Å². The van der Waals surface area contributed by atoms with E-state index in [1.54, 1.807) is 13.3 Å². The Morgan fingerprint density at radius 3 is 3.20 bits per heavy atom. The average molecular weight is 272 g/mol. The zero-order chi connectivity index (χ0) is 10.7. The molecule has 1 N–H and O–H groups in total. The van der Waals surface area contributed by atoms with Crippen molar-refractivity contribution in [1.29, 1.82) is 0 Å². The summed E-state index contributed by atoms with van der Waals surface area (Å²) in [6, 6.07) is 0. The van der Waals surface area contributed by atoms with Gasteiger partial charge in [-0.3, -0.25) is 0 Å². The van der Waals surface area contributed by atoms with Crippen molar-refractivity contribution < 1.29 is 4.74 Å². The summed E-state index contributed by atoms with van der Waals surface area (Å²) < 4.78 is 5.94. The first kappa shape index (κ1) is 10.8. The van der Waals surface area contributed by atoms with Gasteiger partial charge in [0.2, 0.25) is 5.88 Å². The molecule has 1 fully saturated rings. The summed E-state index contributed by atoms with van der Waals surface area (Å²) in [6.07, 6.45) is 3.89. The molecule has 0 unspecified atom stereocenters. The lowest BCUT2D eigenvalue weighted by Crippen LogP contribution is -2.12. The van der Waals surface area contributed by atoms with E-state index in [0.717, 1.165) is 29.8 Å². The first-order valence-corrected chi connectivity index (χ1v) is 5.85. The lowest BCUT2D eigenvalue weighted by molar-refractivity contribution is 0.390. The molecule has 1 aliphatic heterocycles. The van der Waals surface area contributed by atoms with Crippen LogP contribution in [0.2, 0.25) is 0 Å². The normalized spacial score (nSPS) is 20.5. The summed E-state index contributed by atoms with van der Waals surface area (Å²) in [6.45, 7) is 2.18. The second kappa shape index (κ2) is 4.90. The van der Waals surface area contributed by atoms with Gasteiger partial charge in [-0.2, -0.15) is 4.98 Å². The van der Waals surface area contributed by atoms with Crippen molar-refractivity contribution in [3.8, 4) is 5.88 Å². The van der Waals surface area contributed by atoms with Crippen molar-refractivity contribution in [3.05, 3.63) is 16.5 Å². The van der Waals surface area contributed by atoms with Gasteiger partial charge < -0.3 is 10.1 Å². The van der Waals surface area contributed by atoms with Crippen LogP contribution in [-0.2, 0) is 6.42 Å². The van der Waals surface area contributed by atoms with Gasteiger partial charge in [-0.25, -0.2) is 4.98 Å². The van der Waals surface area contributed by atoms with Crippen LogP contribution in [0.4, 0.5) is 0 Å². The van der Waals surface area contributed by atoms with Crippen molar-refractivity contribution in [2.75, 3.05) is 20.2 Å². The molecule has 0 amide bonds. The first-order valence-electron chi connectivity index (χ1n) is 5.05. The fraction of sp³-hybridized carbons (Fsp3) is 0.600. The van der Waals surface area contributed by atoms with E-state index in [9.17, 15) is 0 Å². The van der Waals surface area contributed by atoms with Gasteiger partial charge >= 0.3 is 0 Å². The first-order chi connectivity index (χ1) is 7.29. The zero-order valence-electron chi connectivity index (χ0n) is 8.66. The van der Waals surface area contributed by atoms with Crippen molar-refractivity contribution in [1.82, 2.24) is 15.3 Å². The van der Waals surface area contributed by atoms with Gasteiger partial charge in [0.15, 0.2) is 0 Å². The molecule has 1 aromatic heterocycles. The number of aromatic nitrogens is 2. The van der Waals surface area contributed by atoms with Crippen LogP contribution < -0.4 is 10.1 Å². The van der Waals surface area contributed by atoms with E-state index < -0.39 is 0 Å². The van der Waals surface area contributed by atoms with Crippen molar-refractivity contribution in [2.45, 2.75) is 12.8 Å². The second-order valence-electron chi connectivity index (χ2n) is 3.71. The molecule has 0 bridgehead atoms. The fourth-order valence-corrected chi connectivity index (χ4v) is 2.13. The van der Waals surface area contributed by atoms with E-state index in [0.29, 0.717) is 11.8 Å². The van der Waals surface area contributed by atoms with Crippen LogP contribution in [0.5, 0.6) is 5.88 Å². The number of halogens is 1. The third-order valence-corrected chi connectivity index (χ3v) is 3.13. The third-order valence-electron chi connectivity index (χ3n) is 2.59. The largest absolute Gasteiger partial charge is 0.480 e. The molecule has 0 aliphatic carbocycles. The van der Waals surface area contributed by atoms with Gasteiger partial charge in [0.05, 0.1) is 11.6 Å². The SMILES string of the molecule is COc1nc(C[C@@H]2CCNC2)ncc1Br. The summed E-state index contributed by atoms with van der Waals surface area (Å²) >= 11 is 3.34. The quantitative estimate of drug-likeness (QED) is 0.903. The number of ether oxygens (including phenoxy) is 1. The molecule has 1 atom stereocenters. The van der Waals surface area contributed by atoms with Gasteiger partial charge in [-0.15, -0.1) is 0 Å². The second-order valence-corrected chi connectivity index (χ2v) is 4.56. The molecule has 1 saturated heterocycles. The Hall–Kier alpha value is -0.680. The highest BCUT2D eigenvalue weighted by atomic mass is 79.9. The van der Waals surface area contributed by atoms with Gasteiger partial charge in [-0.05, 0) is 41.4 Å². The smallest absolute Gasteiger partial charge is 0.231 e. The number of nitrogens with zero attached hydrogens (tertiary/aromatic N) is 2. The van der Waals surface area contributed by atoms with Gasteiger partial charge in [0.25, 0.3) is 0 Å². The van der Waals surface area contributed by atoms with Crippen LogP contribution in [0.15, 0.2) is 10.7 Å². The number of hydrogen-bond acceptors (Lipinski definition) is 4. The highest BCUT2D eigenvalue weighted by Gasteiger charge is 2.17. The Morgan fingerprint density at radius 1 is 1.67 bits per heavy atom. The average Bonchev–Trinajstić information content (AvgIpc) is 2.73. The molecule has 4 nitrogen and oxygen atoms in total. The molecule has 2 heterocycles. The van der Waals surface area contributed by atoms with Crippen molar-refractivity contribution >= 4 is 15.9 Å². The zero-order valence-corrected chi connectivity index (χ0v) is 10.2. The van der Waals surface area contributed by atoms with Crippen LogP contribution in [0.3, 0.4) is 0 Å². The minimum Gasteiger partial charge on any atom is -0.480 e. The minimum atomic E-state index is 0.617. The van der Waals surface area contributed by atoms with Crippen LogP contribution in [0.1, 0.15) is 12.2 Å². The molecule has 15 heavy (non-hydrogen) atoms. The number of hydrogen-bond donors (Lipinski definition) is 1. The van der Waals surface area contributed by atoms with Crippen LogP contribution in [0, 0.1) is 5.92 Å². The molecule has 2 rings (SSSR count). The molecular formula is C10H14BrN3O. The molecule has 0 aromatic carbocycles. The summed E-state index contributed by atoms with van der Waals surface area (Å²) in [4.78, 5) is 8.63. The van der Waals surface area contributed by atoms with E-state index >= 15 is 0 Å². The predicted molar refractivity (Wildman–Crippen MR) is 61.0 cm³/mol. The Morgan fingerprint density at radius 2 is 2.53 bits per heavy atom. The predicted octanol–water partition coefficient (Wildman–Crippen LogP) is 1.40. The van der Waals surface area contributed by atoms with Gasteiger partial charge in [-0.1, -0.05) is 0 Å². The van der Waals surface area contributed by atoms with E-state index in [2.05, 4.69) is 31.2 Å². The Bertz CT molecular complexity index is 339. The Labute approximate surface area is 97.6 Å². The van der Waals surface area contributed by atoms with E-state index in [1.165, 1.54) is 6.42 Å². The lowest BCUT2D eigenvalue weighted by atomic mass is 10.0. The monoisotopic (exact) mass is 271 g/mol. The number of rotatable bonds is 3. The van der Waals surface area contributed by atoms with Gasteiger partial charge in [0.1, 0.15) is 5.82 Å². The highest BCUT2D eigenvalue weighted by Crippen LogP contribution is 2.22. The Balaban J connectivity index is 2.07. The number of methoxy groups -OCH3 is 1. The highest BCUT2D eigenvalue weighted by molar-refractivity contribution is 9.10. The maximum Gasteiger partial charge on any atom is 0.231 e. The van der Waals surface area contributed by atoms with Crippen LogP contribution >= 0.6 is 15.9 Å². The van der Waals surface area contributed by atoms with Crippen molar-refractivity contribution in [3.63, 3.8) is 0 Å². The number of nitrogens with one attached hydrogen (secondary N) is 1. The summed E-state index contributed by atoms with van der Waals surface area (Å²) in [5, 5.41) is 3.34. The molecule has 1 aliphatic rings. The summed E-state index contributed by atoms with van der Waals surface area (Å²) in [5.74, 6) is 2.14. The molecular weight excluding hydrogens is 258 g/mol. The molecule has 1 aromatic rings. The van der Waals surface area contributed by atoms with E-state index in [1.807, 2.05) is 0 Å². The molecule has 82 valence electrons. The van der Waals surface area contributed by atoms with E-state index in [4.69, 9.17) is 4.74 Å². The fourth-order valence-electron chi connectivity index (χ4n) is 1.77. The summed E-state index contributed by atoms with van der Waals surface area (Å²) in [5.41, 5.74) is 0. The molecule has 0 saturated carbocycles. The standard InChI is InChI=1S/C10H14BrN3O/c1-15-10-8(11)6-13-9(14-10)4-7-2-3-12-5-7/h6-7,12H,2-5H2,1H3/t7-/m0/s1. The Kier molecular flexibility index (Phi) is 3.53. The maximum atomic E-state index is 5.14. The topological polar surface area (TPSA) is 47.0 Å². The summed E-state index contributed by atoms with van der Waals surface area (Å²) in [7, 11) is 1.62. The maximum absolute atomic E-state index is 5.14. The minimum absolute atomic E-state index is 0.617.